The molecule has 0 heterocycles. The number of Topliss-reactive ketones (excluding diaryl/α,β-unsaturated/α-hetero) is 1. The summed E-state index contributed by atoms with van der Waals surface area (Å²) in [4.78, 5) is 16.0. The van der Waals surface area contributed by atoms with Crippen molar-refractivity contribution in [2.24, 2.45) is 10.7 Å². The van der Waals surface area contributed by atoms with Crippen LogP contribution in [0.2, 0.25) is 0 Å². The quantitative estimate of drug-likeness (QED) is 0.408. The lowest BCUT2D eigenvalue weighted by Gasteiger charge is -2.10. The van der Waals surface area contributed by atoms with Gasteiger partial charge in [0.05, 0.1) is 12.8 Å². The van der Waals surface area contributed by atoms with Gasteiger partial charge in [-0.1, -0.05) is 37.7 Å². The number of aliphatic imine (C=N–C) groups is 1. The van der Waals surface area contributed by atoms with Crippen LogP contribution >= 0.6 is 11.8 Å². The molecular weight excluding hydrogens is 344 g/mol. The van der Waals surface area contributed by atoms with Crippen molar-refractivity contribution in [3.63, 3.8) is 0 Å². The Morgan fingerprint density at radius 1 is 1.23 bits per heavy atom. The summed E-state index contributed by atoms with van der Waals surface area (Å²) in [5.41, 5.74) is 9.81. The zero-order chi connectivity index (χ0) is 19.1. The van der Waals surface area contributed by atoms with Crippen LogP contribution in [-0.4, -0.2) is 18.1 Å². The van der Waals surface area contributed by atoms with Crippen molar-refractivity contribution in [1.29, 1.82) is 0 Å². The maximum atomic E-state index is 11.6. The summed E-state index contributed by atoms with van der Waals surface area (Å²) in [5.74, 6) is 1.90. The van der Waals surface area contributed by atoms with Gasteiger partial charge < -0.3 is 10.5 Å². The Labute approximate surface area is 159 Å². The molecule has 0 radical (unpaired) electrons. The number of methoxy groups -OCH3 is 1. The molecule has 5 heteroatoms. The highest BCUT2D eigenvalue weighted by molar-refractivity contribution is 8.13. The lowest BCUT2D eigenvalue weighted by Crippen LogP contribution is -2.07. The fourth-order valence-corrected chi connectivity index (χ4v) is 3.23. The zero-order valence-electron chi connectivity index (χ0n) is 15.8. The normalized spacial score (nSPS) is 12.7. The van der Waals surface area contributed by atoms with E-state index in [0.29, 0.717) is 22.4 Å². The predicted molar refractivity (Wildman–Crippen MR) is 111 cm³/mol. The number of carbonyl (C=O) groups excluding carboxylic acids is 1. The zero-order valence-corrected chi connectivity index (χ0v) is 16.6. The summed E-state index contributed by atoms with van der Waals surface area (Å²) >= 11 is 1.43. The maximum Gasteiger partial charge on any atom is 0.159 e. The number of benzene rings is 2. The van der Waals surface area contributed by atoms with Gasteiger partial charge in [-0.25, -0.2) is 4.99 Å². The number of nitrogens with zero attached hydrogens (tertiary/aromatic N) is 1. The predicted octanol–water partition coefficient (Wildman–Crippen LogP) is 5.29. The van der Waals surface area contributed by atoms with E-state index in [0.717, 1.165) is 23.4 Å². The monoisotopic (exact) mass is 370 g/mol. The second-order valence-corrected chi connectivity index (χ2v) is 7.22. The molecule has 0 aromatic heterocycles. The van der Waals surface area contributed by atoms with Gasteiger partial charge >= 0.3 is 0 Å². The van der Waals surface area contributed by atoms with Gasteiger partial charge in [-0.05, 0) is 55.2 Å². The number of nitrogens with two attached hydrogens (primary N) is 1. The first-order valence-electron chi connectivity index (χ1n) is 8.69. The number of amidine groups is 1. The molecule has 26 heavy (non-hydrogen) atoms. The van der Waals surface area contributed by atoms with E-state index in [4.69, 9.17) is 10.5 Å². The molecule has 0 saturated carbocycles. The number of hydrogen-bond donors (Lipinski definition) is 1. The first-order valence-corrected chi connectivity index (χ1v) is 9.68. The fourth-order valence-electron chi connectivity index (χ4n) is 2.53. The summed E-state index contributed by atoms with van der Waals surface area (Å²) in [6, 6.07) is 13.6. The van der Waals surface area contributed by atoms with Crippen LogP contribution in [0.25, 0.3) is 0 Å². The molecule has 2 rings (SSSR count). The molecule has 0 saturated heterocycles. The molecular formula is C21H26N2O2S. The topological polar surface area (TPSA) is 64.7 Å². The number of hydrogen-bond acceptors (Lipinski definition) is 4. The molecule has 2 aromatic rings. The van der Waals surface area contributed by atoms with Gasteiger partial charge in [0.25, 0.3) is 0 Å². The van der Waals surface area contributed by atoms with Crippen LogP contribution in [0.5, 0.6) is 5.75 Å². The molecule has 0 aliphatic heterocycles. The van der Waals surface area contributed by atoms with Crippen molar-refractivity contribution < 1.29 is 9.53 Å². The second-order valence-electron chi connectivity index (χ2n) is 6.22. The molecule has 0 bridgehead atoms. The van der Waals surface area contributed by atoms with E-state index in [-0.39, 0.29) is 5.78 Å². The van der Waals surface area contributed by atoms with E-state index in [1.807, 2.05) is 24.3 Å². The molecule has 0 unspecified atom stereocenters. The third-order valence-electron chi connectivity index (χ3n) is 4.38. The van der Waals surface area contributed by atoms with Gasteiger partial charge in [-0.3, -0.25) is 4.79 Å². The van der Waals surface area contributed by atoms with Gasteiger partial charge in [-0.15, -0.1) is 0 Å². The molecule has 0 amide bonds. The Morgan fingerprint density at radius 3 is 2.50 bits per heavy atom. The van der Waals surface area contributed by atoms with E-state index in [1.165, 1.54) is 17.3 Å². The number of rotatable bonds is 7. The smallest absolute Gasteiger partial charge is 0.159 e. The lowest BCUT2D eigenvalue weighted by molar-refractivity contribution is 0.101. The number of thioether (sulfide) groups is 1. The van der Waals surface area contributed by atoms with Crippen LogP contribution < -0.4 is 10.5 Å². The Balaban J connectivity index is 2.08. The molecule has 1 atom stereocenters. The van der Waals surface area contributed by atoms with E-state index in [2.05, 4.69) is 31.0 Å². The summed E-state index contributed by atoms with van der Waals surface area (Å²) in [5, 5.41) is 0.483. The van der Waals surface area contributed by atoms with Crippen LogP contribution in [0.1, 0.15) is 54.6 Å². The Kier molecular flexibility index (Phi) is 7.27. The summed E-state index contributed by atoms with van der Waals surface area (Å²) in [7, 11) is 1.62. The van der Waals surface area contributed by atoms with Gasteiger partial charge in [-0.2, -0.15) is 0 Å². The lowest BCUT2D eigenvalue weighted by atomic mass is 9.99. The van der Waals surface area contributed by atoms with Crippen LogP contribution in [0, 0.1) is 0 Å². The van der Waals surface area contributed by atoms with Gasteiger partial charge in [0.2, 0.25) is 0 Å². The number of carbonyl (C=O) groups is 1. The van der Waals surface area contributed by atoms with Crippen molar-refractivity contribution in [3.05, 3.63) is 59.2 Å². The fraction of sp³-hybridized carbons (Fsp3) is 0.333. The molecule has 4 nitrogen and oxygen atoms in total. The van der Waals surface area contributed by atoms with Gasteiger partial charge in [0, 0.05) is 16.9 Å². The van der Waals surface area contributed by atoms with Crippen molar-refractivity contribution in [1.82, 2.24) is 0 Å². The van der Waals surface area contributed by atoms with Crippen molar-refractivity contribution in [3.8, 4) is 5.75 Å². The van der Waals surface area contributed by atoms with Crippen molar-refractivity contribution in [2.75, 3.05) is 7.11 Å². The van der Waals surface area contributed by atoms with Crippen LogP contribution in [-0.2, 0) is 5.75 Å². The van der Waals surface area contributed by atoms with Crippen LogP contribution in [0.4, 0.5) is 5.69 Å². The molecule has 0 aliphatic carbocycles. The third-order valence-corrected chi connectivity index (χ3v) is 5.22. The van der Waals surface area contributed by atoms with Crippen molar-refractivity contribution in [2.45, 2.75) is 38.9 Å². The third kappa shape index (κ3) is 5.36. The van der Waals surface area contributed by atoms with Gasteiger partial charge in [0.15, 0.2) is 11.0 Å². The van der Waals surface area contributed by atoms with E-state index in [1.54, 1.807) is 20.1 Å². The highest BCUT2D eigenvalue weighted by Crippen LogP contribution is 2.26. The highest BCUT2D eigenvalue weighted by Gasteiger charge is 2.09. The highest BCUT2D eigenvalue weighted by atomic mass is 32.2. The maximum absolute atomic E-state index is 11.6. The number of ether oxygens (including phenoxy) is 1. The average Bonchev–Trinajstić information content (AvgIpc) is 2.66. The first kappa shape index (κ1) is 20.0. The minimum Gasteiger partial charge on any atom is -0.496 e. The first-order chi connectivity index (χ1) is 12.4. The van der Waals surface area contributed by atoms with E-state index >= 15 is 0 Å². The molecule has 138 valence electrons. The summed E-state index contributed by atoms with van der Waals surface area (Å²) in [6.07, 6.45) is 1.11. The summed E-state index contributed by atoms with van der Waals surface area (Å²) < 4.78 is 5.37. The molecule has 0 fully saturated rings. The Hall–Kier alpha value is -2.27. The second kappa shape index (κ2) is 9.43. The van der Waals surface area contributed by atoms with Crippen molar-refractivity contribution >= 4 is 28.4 Å². The molecule has 2 N–H and O–H groups in total. The van der Waals surface area contributed by atoms with Crippen LogP contribution in [0.15, 0.2) is 47.5 Å². The van der Waals surface area contributed by atoms with Crippen LogP contribution in [0.3, 0.4) is 0 Å². The minimum absolute atomic E-state index is 0.0296. The van der Waals surface area contributed by atoms with E-state index in [9.17, 15) is 4.79 Å². The number of ketones is 1. The standard InChI is InChI=1S/C21H26N2O2S/c1-5-14(2)16-6-9-19(10-7-16)23-21(22)26-13-18-12-17(15(3)24)8-11-20(18)25-4/h6-12,14H,5,13H2,1-4H3,(H2,22,23)/t14-/m1/s1. The van der Waals surface area contributed by atoms with E-state index < -0.39 is 0 Å². The Morgan fingerprint density at radius 2 is 1.92 bits per heavy atom. The minimum atomic E-state index is 0.0296. The molecule has 0 aliphatic rings. The molecule has 0 spiro atoms. The largest absolute Gasteiger partial charge is 0.496 e. The Bertz CT molecular complexity index is 785. The SMILES string of the molecule is CC[C@@H](C)c1ccc(N=C(N)SCc2cc(C(C)=O)ccc2OC)cc1. The summed E-state index contributed by atoms with van der Waals surface area (Å²) in [6.45, 7) is 5.95. The average molecular weight is 371 g/mol. The van der Waals surface area contributed by atoms with Gasteiger partial charge in [0.1, 0.15) is 5.75 Å². The molecule has 2 aromatic carbocycles.